The highest BCUT2D eigenvalue weighted by atomic mass is 32.2. The van der Waals surface area contributed by atoms with E-state index < -0.39 is 15.3 Å². The standard InChI is InChI=1S/C19H14N2O3S3/c22-18-17(14-8-3-1-4-9-14)26-19(21(18)15-10-5-2-6-11-15)20-27(23,24)16-12-7-13-25-16/h1-13,17H. The number of benzene rings is 2. The van der Waals surface area contributed by atoms with Crippen LogP contribution in [0.25, 0.3) is 0 Å². The minimum absolute atomic E-state index is 0.152. The molecule has 2 aromatic carbocycles. The van der Waals surface area contributed by atoms with Gasteiger partial charge in [-0.2, -0.15) is 8.42 Å². The minimum Gasteiger partial charge on any atom is -0.272 e. The Kier molecular flexibility index (Phi) is 4.86. The summed E-state index contributed by atoms with van der Waals surface area (Å²) in [7, 11) is -3.88. The Labute approximate surface area is 165 Å². The Morgan fingerprint density at radius 1 is 0.889 bits per heavy atom. The number of amides is 1. The van der Waals surface area contributed by atoms with E-state index in [0.29, 0.717) is 5.69 Å². The van der Waals surface area contributed by atoms with E-state index in [4.69, 9.17) is 0 Å². The first-order valence-electron chi connectivity index (χ1n) is 8.05. The topological polar surface area (TPSA) is 66.8 Å². The lowest BCUT2D eigenvalue weighted by Crippen LogP contribution is -2.30. The van der Waals surface area contributed by atoms with Crippen LogP contribution in [0.1, 0.15) is 10.8 Å². The van der Waals surface area contributed by atoms with Gasteiger partial charge in [0.15, 0.2) is 5.17 Å². The second-order valence-electron chi connectivity index (χ2n) is 5.70. The van der Waals surface area contributed by atoms with Crippen LogP contribution in [0.15, 0.2) is 86.8 Å². The number of hydrogen-bond acceptors (Lipinski definition) is 5. The summed E-state index contributed by atoms with van der Waals surface area (Å²) >= 11 is 2.25. The Hall–Kier alpha value is -2.42. The molecular formula is C19H14N2O3S3. The van der Waals surface area contributed by atoms with Crippen LogP contribution in [0.2, 0.25) is 0 Å². The molecule has 1 atom stereocenters. The third kappa shape index (κ3) is 3.55. The molecule has 1 aromatic heterocycles. The summed E-state index contributed by atoms with van der Waals surface area (Å²) in [6.07, 6.45) is 0. The van der Waals surface area contributed by atoms with Gasteiger partial charge in [-0.1, -0.05) is 66.4 Å². The molecule has 3 aromatic rings. The average molecular weight is 415 g/mol. The second-order valence-corrected chi connectivity index (χ2v) is 9.55. The van der Waals surface area contributed by atoms with Crippen LogP contribution in [0, 0.1) is 0 Å². The van der Waals surface area contributed by atoms with Crippen LogP contribution in [0.3, 0.4) is 0 Å². The van der Waals surface area contributed by atoms with Crippen LogP contribution in [-0.2, 0) is 14.8 Å². The number of anilines is 1. The quantitative estimate of drug-likeness (QED) is 0.638. The third-order valence-electron chi connectivity index (χ3n) is 3.92. The lowest BCUT2D eigenvalue weighted by molar-refractivity contribution is -0.117. The predicted octanol–water partition coefficient (Wildman–Crippen LogP) is 4.31. The van der Waals surface area contributed by atoms with E-state index in [9.17, 15) is 13.2 Å². The Balaban J connectivity index is 1.80. The van der Waals surface area contributed by atoms with Crippen molar-refractivity contribution in [1.29, 1.82) is 0 Å². The van der Waals surface area contributed by atoms with Crippen LogP contribution in [0.5, 0.6) is 0 Å². The summed E-state index contributed by atoms with van der Waals surface area (Å²) in [6, 6.07) is 21.4. The smallest absolute Gasteiger partial charge is 0.272 e. The Morgan fingerprint density at radius 3 is 2.19 bits per heavy atom. The van der Waals surface area contributed by atoms with E-state index in [0.717, 1.165) is 28.7 Å². The molecule has 0 spiro atoms. The van der Waals surface area contributed by atoms with E-state index in [2.05, 4.69) is 4.40 Å². The second kappa shape index (κ2) is 7.30. The van der Waals surface area contributed by atoms with E-state index in [1.807, 2.05) is 36.4 Å². The molecule has 0 radical (unpaired) electrons. The van der Waals surface area contributed by atoms with Crippen molar-refractivity contribution < 1.29 is 13.2 Å². The highest BCUT2D eigenvalue weighted by Crippen LogP contribution is 2.42. The first kappa shape index (κ1) is 18.0. The maximum atomic E-state index is 13.1. The molecule has 1 aliphatic heterocycles. The summed E-state index contributed by atoms with van der Waals surface area (Å²) in [5.74, 6) is -0.211. The molecule has 2 heterocycles. The Morgan fingerprint density at radius 2 is 1.56 bits per heavy atom. The maximum Gasteiger partial charge on any atom is 0.294 e. The molecule has 0 saturated carbocycles. The SMILES string of the molecule is O=C1C(c2ccccc2)SC(=NS(=O)(=O)c2cccs2)N1c1ccccc1. The van der Waals surface area contributed by atoms with Crippen molar-refractivity contribution in [2.24, 2.45) is 4.40 Å². The van der Waals surface area contributed by atoms with Crippen LogP contribution >= 0.6 is 23.1 Å². The molecule has 27 heavy (non-hydrogen) atoms. The van der Waals surface area contributed by atoms with Gasteiger partial charge in [0, 0.05) is 0 Å². The van der Waals surface area contributed by atoms with E-state index in [-0.39, 0.29) is 15.3 Å². The average Bonchev–Trinajstić information content (AvgIpc) is 3.32. The van der Waals surface area contributed by atoms with Gasteiger partial charge in [0.1, 0.15) is 9.46 Å². The molecule has 1 amide bonds. The van der Waals surface area contributed by atoms with E-state index >= 15 is 0 Å². The third-order valence-corrected chi connectivity index (χ3v) is 7.87. The number of rotatable bonds is 4. The lowest BCUT2D eigenvalue weighted by atomic mass is 10.1. The lowest BCUT2D eigenvalue weighted by Gasteiger charge is -2.16. The summed E-state index contributed by atoms with van der Waals surface area (Å²) in [5.41, 5.74) is 1.40. The molecule has 5 nitrogen and oxygen atoms in total. The molecule has 8 heteroatoms. The van der Waals surface area contributed by atoms with Crippen molar-refractivity contribution in [3.8, 4) is 0 Å². The zero-order chi connectivity index (χ0) is 18.9. The number of carbonyl (C=O) groups excluding carboxylic acids is 1. The fourth-order valence-corrected chi connectivity index (χ4v) is 6.01. The highest BCUT2D eigenvalue weighted by Gasteiger charge is 2.41. The number of nitrogens with zero attached hydrogens (tertiary/aromatic N) is 2. The largest absolute Gasteiger partial charge is 0.294 e. The molecule has 1 aliphatic rings. The predicted molar refractivity (Wildman–Crippen MR) is 110 cm³/mol. The molecule has 1 saturated heterocycles. The molecule has 0 aliphatic carbocycles. The zero-order valence-corrected chi connectivity index (χ0v) is 16.4. The molecule has 136 valence electrons. The van der Waals surface area contributed by atoms with Gasteiger partial charge in [0.25, 0.3) is 15.9 Å². The van der Waals surface area contributed by atoms with Gasteiger partial charge in [0.05, 0.1) is 5.69 Å². The summed E-state index contributed by atoms with van der Waals surface area (Å²) in [4.78, 5) is 14.5. The number of carbonyl (C=O) groups is 1. The summed E-state index contributed by atoms with van der Waals surface area (Å²) in [5, 5.41) is 1.30. The number of hydrogen-bond donors (Lipinski definition) is 0. The molecule has 0 bridgehead atoms. The molecule has 1 unspecified atom stereocenters. The van der Waals surface area contributed by atoms with Crippen LogP contribution in [0.4, 0.5) is 5.69 Å². The first-order chi connectivity index (χ1) is 13.1. The minimum atomic E-state index is -3.88. The zero-order valence-electron chi connectivity index (χ0n) is 13.9. The van der Waals surface area contributed by atoms with Gasteiger partial charge >= 0.3 is 0 Å². The number of amidine groups is 1. The van der Waals surface area contributed by atoms with Gasteiger partial charge in [-0.25, -0.2) is 0 Å². The normalized spacial score (nSPS) is 19.0. The maximum absolute atomic E-state index is 13.1. The van der Waals surface area contributed by atoms with Crippen molar-refractivity contribution in [2.75, 3.05) is 4.90 Å². The van der Waals surface area contributed by atoms with Crippen molar-refractivity contribution in [3.05, 3.63) is 83.7 Å². The van der Waals surface area contributed by atoms with Crippen LogP contribution < -0.4 is 4.90 Å². The van der Waals surface area contributed by atoms with Gasteiger partial charge < -0.3 is 0 Å². The fourth-order valence-electron chi connectivity index (χ4n) is 2.69. The monoisotopic (exact) mass is 414 g/mol. The van der Waals surface area contributed by atoms with E-state index in [1.165, 1.54) is 11.0 Å². The van der Waals surface area contributed by atoms with Crippen molar-refractivity contribution in [3.63, 3.8) is 0 Å². The van der Waals surface area contributed by atoms with Crippen molar-refractivity contribution >= 4 is 49.9 Å². The molecule has 1 fully saturated rings. The summed E-state index contributed by atoms with van der Waals surface area (Å²) in [6.45, 7) is 0. The summed E-state index contributed by atoms with van der Waals surface area (Å²) < 4.78 is 29.4. The number of para-hydroxylation sites is 1. The van der Waals surface area contributed by atoms with E-state index in [1.54, 1.807) is 35.7 Å². The van der Waals surface area contributed by atoms with Crippen molar-refractivity contribution in [1.82, 2.24) is 0 Å². The highest BCUT2D eigenvalue weighted by molar-refractivity contribution is 8.16. The molecule has 0 N–H and O–H groups in total. The number of sulfonamides is 1. The van der Waals surface area contributed by atoms with Crippen molar-refractivity contribution in [2.45, 2.75) is 9.46 Å². The Bertz CT molecular complexity index is 1080. The first-order valence-corrected chi connectivity index (χ1v) is 11.3. The molecule has 4 rings (SSSR count). The molecular weight excluding hydrogens is 400 g/mol. The fraction of sp³-hybridized carbons (Fsp3) is 0.0526. The van der Waals surface area contributed by atoms with Gasteiger partial charge in [0.2, 0.25) is 0 Å². The number of thioether (sulfide) groups is 1. The van der Waals surface area contributed by atoms with Gasteiger partial charge in [-0.05, 0) is 29.1 Å². The van der Waals surface area contributed by atoms with Gasteiger partial charge in [-0.3, -0.25) is 9.69 Å². The van der Waals surface area contributed by atoms with Crippen LogP contribution in [-0.4, -0.2) is 19.5 Å². The van der Waals surface area contributed by atoms with Gasteiger partial charge in [-0.15, -0.1) is 15.7 Å². The number of thiophene rings is 1.